The van der Waals surface area contributed by atoms with Crippen molar-refractivity contribution < 1.29 is 9.63 Å². The molecule has 2 aliphatic rings. The third kappa shape index (κ3) is 1.54. The average molecular weight is 306 g/mol. The normalized spacial score (nSPS) is 25.4. The molecule has 0 N–H and O–H groups in total. The Labute approximate surface area is 96.3 Å². The van der Waals surface area contributed by atoms with E-state index in [2.05, 4.69) is 35.2 Å². The van der Waals surface area contributed by atoms with Crippen LogP contribution in [0.5, 0.6) is 0 Å². The van der Waals surface area contributed by atoms with Gasteiger partial charge in [-0.15, -0.1) is 6.58 Å². The van der Waals surface area contributed by atoms with Crippen LogP contribution in [0.2, 0.25) is 0 Å². The maximum atomic E-state index is 11.7. The molecule has 2 amide bonds. The second-order valence-electron chi connectivity index (χ2n) is 3.20. The topological polar surface area (TPSA) is 32.8 Å². The standard InChI is InChI=1S/C9H11IN2O2/c1-2-5-14-12-8-6-11(9(12)13)4-3-7(8)10/h2-3,8H,1,4-6H2. The molecule has 2 aliphatic heterocycles. The summed E-state index contributed by atoms with van der Waals surface area (Å²) < 4.78 is 1.17. The molecule has 0 saturated carbocycles. The molecule has 76 valence electrons. The number of carbonyl (C=O) groups is 1. The van der Waals surface area contributed by atoms with Gasteiger partial charge in [0.25, 0.3) is 0 Å². The number of hydrogen-bond acceptors (Lipinski definition) is 2. The molecular weight excluding hydrogens is 295 g/mol. The van der Waals surface area contributed by atoms with Crippen LogP contribution in [0, 0.1) is 0 Å². The zero-order valence-corrected chi connectivity index (χ0v) is 9.81. The molecule has 2 bridgehead atoms. The van der Waals surface area contributed by atoms with Crippen LogP contribution in [0.15, 0.2) is 22.3 Å². The zero-order valence-electron chi connectivity index (χ0n) is 7.65. The SMILES string of the molecule is C=CCON1C(=O)N2CC=C(I)C1C2. The van der Waals surface area contributed by atoms with Crippen molar-refractivity contribution in [2.45, 2.75) is 6.04 Å². The summed E-state index contributed by atoms with van der Waals surface area (Å²) >= 11 is 2.26. The van der Waals surface area contributed by atoms with E-state index in [-0.39, 0.29) is 12.1 Å². The Bertz CT molecular complexity index is 303. The molecule has 0 radical (unpaired) electrons. The minimum atomic E-state index is -0.0419. The van der Waals surface area contributed by atoms with Gasteiger partial charge >= 0.3 is 6.03 Å². The summed E-state index contributed by atoms with van der Waals surface area (Å²) in [6, 6.07) is 0.0385. The fourth-order valence-electron chi connectivity index (χ4n) is 1.60. The Kier molecular flexibility index (Phi) is 2.78. The Morgan fingerprint density at radius 2 is 2.57 bits per heavy atom. The number of hydrogen-bond donors (Lipinski definition) is 0. The van der Waals surface area contributed by atoms with Crippen LogP contribution in [0.4, 0.5) is 4.79 Å². The highest BCUT2D eigenvalue weighted by molar-refractivity contribution is 14.1. The van der Waals surface area contributed by atoms with Crippen LogP contribution >= 0.6 is 22.6 Å². The summed E-state index contributed by atoms with van der Waals surface area (Å²) in [6.45, 7) is 5.37. The number of amides is 2. The highest BCUT2D eigenvalue weighted by Crippen LogP contribution is 2.29. The first kappa shape index (κ1) is 9.97. The molecule has 14 heavy (non-hydrogen) atoms. The van der Waals surface area contributed by atoms with Gasteiger partial charge in [0.1, 0.15) is 6.04 Å². The second kappa shape index (κ2) is 3.90. The number of nitrogens with zero attached hydrogens (tertiary/aromatic N) is 2. The summed E-state index contributed by atoms with van der Waals surface area (Å²) in [7, 11) is 0. The Hall–Kier alpha value is -0.560. The summed E-state index contributed by atoms with van der Waals surface area (Å²) in [4.78, 5) is 18.8. The number of rotatable bonds is 3. The molecule has 0 aliphatic carbocycles. The van der Waals surface area contributed by atoms with Crippen molar-refractivity contribution in [1.82, 2.24) is 9.96 Å². The zero-order chi connectivity index (χ0) is 10.1. The number of urea groups is 1. The van der Waals surface area contributed by atoms with Crippen molar-refractivity contribution in [2.75, 3.05) is 19.7 Å². The van der Waals surface area contributed by atoms with E-state index in [1.54, 1.807) is 11.0 Å². The van der Waals surface area contributed by atoms with Gasteiger partial charge in [0.2, 0.25) is 0 Å². The summed E-state index contributed by atoms with van der Waals surface area (Å²) in [5.74, 6) is 0. The molecule has 2 rings (SSSR count). The van der Waals surface area contributed by atoms with E-state index >= 15 is 0 Å². The summed E-state index contributed by atoms with van der Waals surface area (Å²) in [5, 5.41) is 1.45. The average Bonchev–Trinajstić information content (AvgIpc) is 2.45. The van der Waals surface area contributed by atoms with Gasteiger partial charge in [0, 0.05) is 10.1 Å². The third-order valence-electron chi connectivity index (χ3n) is 2.29. The van der Waals surface area contributed by atoms with E-state index in [1.807, 2.05) is 0 Å². The number of hydroxylamine groups is 2. The Balaban J connectivity index is 2.13. The molecule has 2 heterocycles. The fraction of sp³-hybridized carbons (Fsp3) is 0.444. The van der Waals surface area contributed by atoms with E-state index in [0.717, 1.165) is 6.54 Å². The molecule has 0 aromatic rings. The van der Waals surface area contributed by atoms with Crippen molar-refractivity contribution in [3.63, 3.8) is 0 Å². The number of carbonyl (C=O) groups excluding carboxylic acids is 1. The molecule has 0 spiro atoms. The van der Waals surface area contributed by atoms with Crippen LogP contribution < -0.4 is 0 Å². The van der Waals surface area contributed by atoms with Gasteiger partial charge in [-0.3, -0.25) is 4.84 Å². The van der Waals surface area contributed by atoms with Crippen LogP contribution in [0.25, 0.3) is 0 Å². The molecule has 1 atom stereocenters. The third-order valence-corrected chi connectivity index (χ3v) is 3.45. The van der Waals surface area contributed by atoms with E-state index in [4.69, 9.17) is 4.84 Å². The maximum Gasteiger partial charge on any atom is 0.344 e. The van der Waals surface area contributed by atoms with Crippen molar-refractivity contribution in [2.24, 2.45) is 0 Å². The van der Waals surface area contributed by atoms with Gasteiger partial charge in [-0.25, -0.2) is 4.79 Å². The van der Waals surface area contributed by atoms with Gasteiger partial charge in [-0.1, -0.05) is 12.2 Å². The monoisotopic (exact) mass is 306 g/mol. The Morgan fingerprint density at radius 1 is 1.79 bits per heavy atom. The molecule has 4 nitrogen and oxygen atoms in total. The van der Waals surface area contributed by atoms with Crippen LogP contribution in [-0.4, -0.2) is 41.7 Å². The van der Waals surface area contributed by atoms with Gasteiger partial charge < -0.3 is 4.90 Å². The van der Waals surface area contributed by atoms with Crippen LogP contribution in [0.1, 0.15) is 0 Å². The lowest BCUT2D eigenvalue weighted by Crippen LogP contribution is -2.33. The minimum Gasteiger partial charge on any atom is -0.317 e. The quantitative estimate of drug-likeness (QED) is 0.585. The highest BCUT2D eigenvalue weighted by atomic mass is 127. The predicted octanol–water partition coefficient (Wildman–Crippen LogP) is 1.54. The Morgan fingerprint density at radius 3 is 3.29 bits per heavy atom. The molecule has 1 fully saturated rings. The first-order chi connectivity index (χ1) is 6.74. The van der Waals surface area contributed by atoms with Crippen LogP contribution in [-0.2, 0) is 4.84 Å². The molecule has 0 aromatic heterocycles. The smallest absolute Gasteiger partial charge is 0.317 e. The molecular formula is C9H11IN2O2. The van der Waals surface area contributed by atoms with Crippen molar-refractivity contribution in [3.8, 4) is 0 Å². The first-order valence-corrected chi connectivity index (χ1v) is 5.49. The van der Waals surface area contributed by atoms with E-state index in [1.165, 1.54) is 8.64 Å². The minimum absolute atomic E-state index is 0.0419. The van der Waals surface area contributed by atoms with Gasteiger partial charge in [0.15, 0.2) is 0 Å². The second-order valence-corrected chi connectivity index (χ2v) is 4.45. The predicted molar refractivity (Wildman–Crippen MR) is 60.8 cm³/mol. The summed E-state index contributed by atoms with van der Waals surface area (Å²) in [6.07, 6.45) is 3.70. The lowest BCUT2D eigenvalue weighted by molar-refractivity contribution is -0.108. The largest absolute Gasteiger partial charge is 0.344 e. The fourth-order valence-corrected chi connectivity index (χ4v) is 2.24. The van der Waals surface area contributed by atoms with Gasteiger partial charge in [-0.2, -0.15) is 5.06 Å². The van der Waals surface area contributed by atoms with E-state index in [0.29, 0.717) is 13.2 Å². The van der Waals surface area contributed by atoms with Gasteiger partial charge in [0.05, 0.1) is 13.2 Å². The number of halogens is 1. The first-order valence-electron chi connectivity index (χ1n) is 4.41. The highest BCUT2D eigenvalue weighted by Gasteiger charge is 2.41. The lowest BCUT2D eigenvalue weighted by atomic mass is 10.2. The summed E-state index contributed by atoms with van der Waals surface area (Å²) in [5.41, 5.74) is 0. The lowest BCUT2D eigenvalue weighted by Gasteiger charge is -2.20. The van der Waals surface area contributed by atoms with Crippen LogP contribution in [0.3, 0.4) is 0 Å². The molecule has 0 aromatic carbocycles. The van der Waals surface area contributed by atoms with Gasteiger partial charge in [-0.05, 0) is 22.6 Å². The van der Waals surface area contributed by atoms with Crippen molar-refractivity contribution in [3.05, 3.63) is 22.3 Å². The van der Waals surface area contributed by atoms with Crippen molar-refractivity contribution >= 4 is 28.6 Å². The molecule has 1 saturated heterocycles. The maximum absolute atomic E-state index is 11.7. The van der Waals surface area contributed by atoms with E-state index in [9.17, 15) is 4.79 Å². The molecule has 1 unspecified atom stereocenters. The van der Waals surface area contributed by atoms with E-state index < -0.39 is 0 Å². The van der Waals surface area contributed by atoms with Crippen molar-refractivity contribution in [1.29, 1.82) is 0 Å². The molecule has 5 heteroatoms. The number of fused-ring (bicyclic) bond motifs is 2.